The fourth-order valence-electron chi connectivity index (χ4n) is 3.91. The number of fused-ring (bicyclic) bond motifs is 4. The minimum absolute atomic E-state index is 0. The maximum absolute atomic E-state index is 5.91. The second kappa shape index (κ2) is 11.0. The molecule has 0 amide bonds. The molecule has 4 aromatic rings. The van der Waals surface area contributed by atoms with Crippen LogP contribution in [-0.4, -0.2) is 47.8 Å². The Labute approximate surface area is 193 Å². The van der Waals surface area contributed by atoms with E-state index < -0.39 is 0 Å². The Kier molecular flexibility index (Phi) is 8.41. The summed E-state index contributed by atoms with van der Waals surface area (Å²) >= 11 is 11.8. The lowest BCUT2D eigenvalue weighted by atomic mass is 10.0. The van der Waals surface area contributed by atoms with Crippen molar-refractivity contribution < 1.29 is 0 Å². The Bertz CT molecular complexity index is 1110. The maximum Gasteiger partial charge on any atom is 0.0808 e. The lowest BCUT2D eigenvalue weighted by Crippen LogP contribution is -2.30. The Hall–Kier alpha value is -1.78. The van der Waals surface area contributed by atoms with E-state index in [1.807, 2.05) is 6.07 Å². The van der Waals surface area contributed by atoms with Gasteiger partial charge in [-0.3, -0.25) is 0 Å². The predicted octanol–water partition coefficient (Wildman–Crippen LogP) is 6.54. The summed E-state index contributed by atoms with van der Waals surface area (Å²) in [6.45, 7) is 3.62. The number of hydrogen-bond donors (Lipinski definition) is 1. The summed E-state index contributed by atoms with van der Waals surface area (Å²) in [5, 5.41) is 8.43. The molecule has 4 rings (SSSR count). The maximum atomic E-state index is 5.91. The summed E-state index contributed by atoms with van der Waals surface area (Å²) in [5.74, 6) is 1.27. The molecule has 0 atom stereocenters. The van der Waals surface area contributed by atoms with Crippen LogP contribution in [0.5, 0.6) is 0 Å². The van der Waals surface area contributed by atoms with Gasteiger partial charge in [-0.25, -0.2) is 4.98 Å². The first-order valence-corrected chi connectivity index (χ1v) is 11.2. The first-order chi connectivity index (χ1) is 14.3. The van der Waals surface area contributed by atoms with Crippen molar-refractivity contribution in [3.05, 3.63) is 60.7 Å². The highest BCUT2D eigenvalue weighted by Crippen LogP contribution is 2.34. The van der Waals surface area contributed by atoms with Gasteiger partial charge in [0.2, 0.25) is 0 Å². The normalized spacial score (nSPS) is 11.3. The van der Waals surface area contributed by atoms with Crippen molar-refractivity contribution in [1.29, 1.82) is 0 Å². The minimum atomic E-state index is 0. The predicted molar refractivity (Wildman–Crippen MR) is 135 cm³/mol. The average Bonchev–Trinajstić information content (AvgIpc) is 2.76. The highest BCUT2D eigenvalue weighted by Gasteiger charge is 2.11. The van der Waals surface area contributed by atoms with E-state index in [1.165, 1.54) is 16.2 Å². The molecule has 0 aliphatic carbocycles. The number of rotatable bonds is 9. The number of alkyl halides is 2. The van der Waals surface area contributed by atoms with Crippen LogP contribution in [0.25, 0.3) is 32.6 Å². The molecule has 1 N–H and O–H groups in total. The Balaban J connectivity index is 0.00000256. The molecule has 6 heteroatoms. The second-order valence-electron chi connectivity index (χ2n) is 7.19. The van der Waals surface area contributed by atoms with Crippen molar-refractivity contribution in [2.45, 2.75) is 6.42 Å². The van der Waals surface area contributed by atoms with Gasteiger partial charge in [-0.1, -0.05) is 54.6 Å². The molecule has 3 nitrogen and oxygen atoms in total. The number of halogens is 3. The molecule has 0 saturated carbocycles. The fraction of sp³-hybridized carbons (Fsp3) is 0.292. The number of para-hydroxylation sites is 1. The Morgan fingerprint density at radius 3 is 2.23 bits per heavy atom. The molecule has 0 spiro atoms. The molecule has 0 aliphatic rings. The smallest absolute Gasteiger partial charge is 0.0808 e. The van der Waals surface area contributed by atoms with Gasteiger partial charge in [0.05, 0.1) is 16.7 Å². The van der Waals surface area contributed by atoms with Gasteiger partial charge in [0.15, 0.2) is 0 Å². The fourth-order valence-corrected chi connectivity index (χ4v) is 4.38. The number of pyridine rings is 1. The van der Waals surface area contributed by atoms with Crippen molar-refractivity contribution in [1.82, 2.24) is 9.88 Å². The summed E-state index contributed by atoms with van der Waals surface area (Å²) in [6, 6.07) is 21.2. The van der Waals surface area contributed by atoms with Gasteiger partial charge in [0.25, 0.3) is 0 Å². The zero-order valence-corrected chi connectivity index (χ0v) is 19.1. The third-order valence-corrected chi connectivity index (χ3v) is 5.67. The van der Waals surface area contributed by atoms with E-state index in [2.05, 4.69) is 64.8 Å². The molecule has 158 valence electrons. The van der Waals surface area contributed by atoms with E-state index >= 15 is 0 Å². The summed E-state index contributed by atoms with van der Waals surface area (Å²) in [6.07, 6.45) is 1.03. The van der Waals surface area contributed by atoms with E-state index in [-0.39, 0.29) is 12.4 Å². The molecule has 0 saturated heterocycles. The van der Waals surface area contributed by atoms with Crippen LogP contribution in [0, 0.1) is 0 Å². The molecule has 0 bridgehead atoms. The van der Waals surface area contributed by atoms with Crippen LogP contribution in [0.1, 0.15) is 6.42 Å². The van der Waals surface area contributed by atoms with Gasteiger partial charge in [0, 0.05) is 47.6 Å². The molecule has 0 unspecified atom stereocenters. The standard InChI is InChI=1S/C24H25Cl2N3.ClH/c25-12-16-29(17-13-26)15-5-14-27-23-20-8-3-4-9-22(20)28-24-19-7-2-1-6-18(19)10-11-21(23)24;/h1-4,6-11H,5,12-17H2,(H,27,28);1H. The SMILES string of the molecule is Cl.ClCCN(CCCl)CCCNc1c2ccccc2nc2c1ccc1ccccc12. The third-order valence-electron chi connectivity index (χ3n) is 5.33. The first kappa shape index (κ1) is 22.9. The number of hydrogen-bond acceptors (Lipinski definition) is 3. The Morgan fingerprint density at radius 2 is 1.47 bits per heavy atom. The number of aromatic nitrogens is 1. The first-order valence-electron chi connectivity index (χ1n) is 10.1. The van der Waals surface area contributed by atoms with Crippen LogP contribution in [0.15, 0.2) is 60.7 Å². The van der Waals surface area contributed by atoms with E-state index in [0.717, 1.165) is 54.7 Å². The highest BCUT2D eigenvalue weighted by atomic mass is 35.5. The van der Waals surface area contributed by atoms with Crippen LogP contribution in [0.2, 0.25) is 0 Å². The summed E-state index contributed by atoms with van der Waals surface area (Å²) < 4.78 is 0. The van der Waals surface area contributed by atoms with Gasteiger partial charge < -0.3 is 10.2 Å². The van der Waals surface area contributed by atoms with Gasteiger partial charge >= 0.3 is 0 Å². The zero-order valence-electron chi connectivity index (χ0n) is 16.8. The lowest BCUT2D eigenvalue weighted by molar-refractivity contribution is 0.306. The van der Waals surface area contributed by atoms with Crippen LogP contribution in [0.3, 0.4) is 0 Å². The van der Waals surface area contributed by atoms with Crippen LogP contribution in [0.4, 0.5) is 5.69 Å². The van der Waals surface area contributed by atoms with Gasteiger partial charge in [-0.2, -0.15) is 0 Å². The molecule has 1 aromatic heterocycles. The average molecular weight is 463 g/mol. The zero-order chi connectivity index (χ0) is 20.1. The van der Waals surface area contributed by atoms with Crippen molar-refractivity contribution >= 4 is 73.9 Å². The second-order valence-corrected chi connectivity index (χ2v) is 7.94. The highest BCUT2D eigenvalue weighted by molar-refractivity contribution is 6.18. The number of nitrogens with one attached hydrogen (secondary N) is 1. The molecule has 1 heterocycles. The topological polar surface area (TPSA) is 28.2 Å². The number of nitrogens with zero attached hydrogens (tertiary/aromatic N) is 2. The molecular formula is C24H26Cl3N3. The van der Waals surface area contributed by atoms with E-state index in [9.17, 15) is 0 Å². The molecular weight excluding hydrogens is 437 g/mol. The number of benzene rings is 3. The monoisotopic (exact) mass is 461 g/mol. The molecule has 3 aromatic carbocycles. The third kappa shape index (κ3) is 4.92. The minimum Gasteiger partial charge on any atom is -0.384 e. The van der Waals surface area contributed by atoms with Crippen molar-refractivity contribution in [2.75, 3.05) is 43.3 Å². The van der Waals surface area contributed by atoms with E-state index in [4.69, 9.17) is 28.2 Å². The molecule has 30 heavy (non-hydrogen) atoms. The summed E-state index contributed by atoms with van der Waals surface area (Å²) in [4.78, 5) is 7.31. The van der Waals surface area contributed by atoms with Crippen molar-refractivity contribution in [2.24, 2.45) is 0 Å². The van der Waals surface area contributed by atoms with Gasteiger partial charge in [0.1, 0.15) is 0 Å². The summed E-state index contributed by atoms with van der Waals surface area (Å²) in [5.41, 5.74) is 3.23. The summed E-state index contributed by atoms with van der Waals surface area (Å²) in [7, 11) is 0. The van der Waals surface area contributed by atoms with Crippen LogP contribution in [-0.2, 0) is 0 Å². The molecule has 0 aliphatic heterocycles. The largest absolute Gasteiger partial charge is 0.384 e. The van der Waals surface area contributed by atoms with Gasteiger partial charge in [-0.05, 0) is 24.4 Å². The quantitative estimate of drug-likeness (QED) is 0.132. The Morgan fingerprint density at radius 1 is 0.767 bits per heavy atom. The number of anilines is 1. The van der Waals surface area contributed by atoms with E-state index in [0.29, 0.717) is 11.8 Å². The van der Waals surface area contributed by atoms with E-state index in [1.54, 1.807) is 0 Å². The van der Waals surface area contributed by atoms with Crippen LogP contribution >= 0.6 is 35.6 Å². The van der Waals surface area contributed by atoms with Crippen molar-refractivity contribution in [3.8, 4) is 0 Å². The van der Waals surface area contributed by atoms with Crippen molar-refractivity contribution in [3.63, 3.8) is 0 Å². The van der Waals surface area contributed by atoms with Crippen LogP contribution < -0.4 is 5.32 Å². The van der Waals surface area contributed by atoms with Gasteiger partial charge in [-0.15, -0.1) is 35.6 Å². The molecule has 0 radical (unpaired) electrons. The molecule has 0 fully saturated rings. The lowest BCUT2D eigenvalue weighted by Gasteiger charge is -2.20.